The molecule has 0 N–H and O–H groups in total. The van der Waals surface area contributed by atoms with Gasteiger partial charge in [-0.25, -0.2) is 4.68 Å². The van der Waals surface area contributed by atoms with Gasteiger partial charge in [0.2, 0.25) is 0 Å². The topological polar surface area (TPSA) is 34.9 Å². The summed E-state index contributed by atoms with van der Waals surface area (Å²) in [5, 5.41) is 5.03. The standard InChI is InChI=1S/C12H11BrN2O/c13-8-9-15-12(16)7-6-11(14-15)10-4-2-1-3-5-10/h1-7H,8-9H2. The molecule has 0 aliphatic carbocycles. The summed E-state index contributed by atoms with van der Waals surface area (Å²) in [6.07, 6.45) is 0. The van der Waals surface area contributed by atoms with Gasteiger partial charge in [-0.2, -0.15) is 5.10 Å². The van der Waals surface area contributed by atoms with Crippen LogP contribution in [0.25, 0.3) is 11.3 Å². The van der Waals surface area contributed by atoms with Crippen LogP contribution in [0.4, 0.5) is 0 Å². The van der Waals surface area contributed by atoms with Crippen LogP contribution in [0, 0.1) is 0 Å². The van der Waals surface area contributed by atoms with Gasteiger partial charge in [-0.15, -0.1) is 0 Å². The van der Waals surface area contributed by atoms with Crippen molar-refractivity contribution in [1.82, 2.24) is 9.78 Å². The predicted molar refractivity (Wildman–Crippen MR) is 67.7 cm³/mol. The number of nitrogens with zero attached hydrogens (tertiary/aromatic N) is 2. The molecule has 1 aromatic carbocycles. The van der Waals surface area contributed by atoms with Crippen molar-refractivity contribution >= 4 is 15.9 Å². The van der Waals surface area contributed by atoms with Gasteiger partial charge < -0.3 is 0 Å². The molecule has 0 radical (unpaired) electrons. The molecule has 0 bridgehead atoms. The van der Waals surface area contributed by atoms with E-state index in [1.54, 1.807) is 12.1 Å². The van der Waals surface area contributed by atoms with Gasteiger partial charge in [0, 0.05) is 17.0 Å². The average Bonchev–Trinajstić information content (AvgIpc) is 2.33. The highest BCUT2D eigenvalue weighted by molar-refractivity contribution is 9.09. The van der Waals surface area contributed by atoms with E-state index in [2.05, 4.69) is 21.0 Å². The Morgan fingerprint density at radius 2 is 1.88 bits per heavy atom. The van der Waals surface area contributed by atoms with E-state index in [0.29, 0.717) is 6.54 Å². The van der Waals surface area contributed by atoms with Crippen molar-refractivity contribution in [2.75, 3.05) is 5.33 Å². The molecule has 0 aliphatic rings. The van der Waals surface area contributed by atoms with Crippen molar-refractivity contribution in [2.45, 2.75) is 6.54 Å². The van der Waals surface area contributed by atoms with E-state index in [1.165, 1.54) is 4.68 Å². The van der Waals surface area contributed by atoms with Crippen LogP contribution >= 0.6 is 15.9 Å². The van der Waals surface area contributed by atoms with Gasteiger partial charge in [-0.05, 0) is 6.07 Å². The van der Waals surface area contributed by atoms with E-state index < -0.39 is 0 Å². The first-order valence-electron chi connectivity index (χ1n) is 5.01. The first kappa shape index (κ1) is 11.1. The summed E-state index contributed by atoms with van der Waals surface area (Å²) in [6, 6.07) is 13.1. The van der Waals surface area contributed by atoms with Crippen molar-refractivity contribution in [1.29, 1.82) is 0 Å². The fourth-order valence-electron chi connectivity index (χ4n) is 1.45. The lowest BCUT2D eigenvalue weighted by Gasteiger charge is -2.04. The van der Waals surface area contributed by atoms with Crippen molar-refractivity contribution in [3.63, 3.8) is 0 Å². The van der Waals surface area contributed by atoms with Crippen LogP contribution in [0.5, 0.6) is 0 Å². The molecule has 0 saturated heterocycles. The quantitative estimate of drug-likeness (QED) is 0.808. The molecule has 2 aromatic rings. The summed E-state index contributed by atoms with van der Waals surface area (Å²) in [4.78, 5) is 11.5. The van der Waals surface area contributed by atoms with Crippen LogP contribution in [0.2, 0.25) is 0 Å². The number of aryl methyl sites for hydroxylation is 1. The van der Waals surface area contributed by atoms with Crippen LogP contribution in [0.1, 0.15) is 0 Å². The van der Waals surface area contributed by atoms with Gasteiger partial charge in [0.25, 0.3) is 5.56 Å². The normalized spacial score (nSPS) is 10.3. The monoisotopic (exact) mass is 278 g/mol. The molecule has 0 atom stereocenters. The maximum absolute atomic E-state index is 11.5. The van der Waals surface area contributed by atoms with E-state index in [-0.39, 0.29) is 5.56 Å². The highest BCUT2D eigenvalue weighted by Gasteiger charge is 2.01. The van der Waals surface area contributed by atoms with E-state index >= 15 is 0 Å². The van der Waals surface area contributed by atoms with E-state index in [1.807, 2.05) is 30.3 Å². The fraction of sp³-hybridized carbons (Fsp3) is 0.167. The second-order valence-electron chi connectivity index (χ2n) is 3.33. The second-order valence-corrected chi connectivity index (χ2v) is 4.13. The highest BCUT2D eigenvalue weighted by atomic mass is 79.9. The first-order chi connectivity index (χ1) is 7.81. The van der Waals surface area contributed by atoms with Gasteiger partial charge in [-0.1, -0.05) is 46.3 Å². The zero-order valence-electron chi connectivity index (χ0n) is 8.64. The molecule has 4 heteroatoms. The third kappa shape index (κ3) is 2.39. The van der Waals surface area contributed by atoms with Crippen LogP contribution in [0.3, 0.4) is 0 Å². The summed E-state index contributed by atoms with van der Waals surface area (Å²) in [7, 11) is 0. The Labute approximate surface area is 102 Å². The Morgan fingerprint density at radius 1 is 1.12 bits per heavy atom. The Balaban J connectivity index is 2.44. The molecular formula is C12H11BrN2O. The van der Waals surface area contributed by atoms with Crippen LogP contribution in [-0.4, -0.2) is 15.1 Å². The summed E-state index contributed by atoms with van der Waals surface area (Å²) in [6.45, 7) is 0.583. The van der Waals surface area contributed by atoms with Crippen molar-refractivity contribution in [2.24, 2.45) is 0 Å². The average molecular weight is 279 g/mol. The highest BCUT2D eigenvalue weighted by Crippen LogP contribution is 2.13. The zero-order chi connectivity index (χ0) is 11.4. The lowest BCUT2D eigenvalue weighted by molar-refractivity contribution is 0.627. The maximum atomic E-state index is 11.5. The van der Waals surface area contributed by atoms with Crippen molar-refractivity contribution in [3.8, 4) is 11.3 Å². The number of hydrogen-bond donors (Lipinski definition) is 0. The summed E-state index contributed by atoms with van der Waals surface area (Å²) < 4.78 is 1.47. The lowest BCUT2D eigenvalue weighted by atomic mass is 10.1. The van der Waals surface area contributed by atoms with E-state index in [0.717, 1.165) is 16.6 Å². The Kier molecular flexibility index (Phi) is 3.51. The van der Waals surface area contributed by atoms with Crippen LogP contribution in [-0.2, 0) is 6.54 Å². The number of alkyl halides is 1. The van der Waals surface area contributed by atoms with Crippen molar-refractivity contribution in [3.05, 3.63) is 52.8 Å². The van der Waals surface area contributed by atoms with Crippen LogP contribution < -0.4 is 5.56 Å². The second kappa shape index (κ2) is 5.07. The molecule has 0 fully saturated rings. The summed E-state index contributed by atoms with van der Waals surface area (Å²) in [5.74, 6) is 0. The molecule has 1 heterocycles. The Morgan fingerprint density at radius 3 is 2.56 bits per heavy atom. The summed E-state index contributed by atoms with van der Waals surface area (Å²) >= 11 is 3.30. The zero-order valence-corrected chi connectivity index (χ0v) is 10.2. The molecule has 82 valence electrons. The maximum Gasteiger partial charge on any atom is 0.266 e. The third-order valence-corrected chi connectivity index (χ3v) is 2.59. The molecule has 0 unspecified atom stereocenters. The van der Waals surface area contributed by atoms with Gasteiger partial charge in [0.05, 0.1) is 12.2 Å². The number of rotatable bonds is 3. The van der Waals surface area contributed by atoms with Crippen LogP contribution in [0.15, 0.2) is 47.3 Å². The molecule has 16 heavy (non-hydrogen) atoms. The first-order valence-corrected chi connectivity index (χ1v) is 6.13. The summed E-state index contributed by atoms with van der Waals surface area (Å²) in [5.41, 5.74) is 1.77. The molecule has 0 aliphatic heterocycles. The predicted octanol–water partition coefficient (Wildman–Crippen LogP) is 2.31. The number of halogens is 1. The largest absolute Gasteiger partial charge is 0.268 e. The lowest BCUT2D eigenvalue weighted by Crippen LogP contribution is -2.22. The van der Waals surface area contributed by atoms with E-state index in [9.17, 15) is 4.79 Å². The van der Waals surface area contributed by atoms with Crippen molar-refractivity contribution < 1.29 is 0 Å². The minimum Gasteiger partial charge on any atom is -0.268 e. The molecule has 3 nitrogen and oxygen atoms in total. The molecule has 2 rings (SSSR count). The molecule has 0 amide bonds. The molecular weight excluding hydrogens is 268 g/mol. The fourth-order valence-corrected chi connectivity index (χ4v) is 1.79. The molecule has 0 saturated carbocycles. The van der Waals surface area contributed by atoms with Gasteiger partial charge in [0.1, 0.15) is 0 Å². The minimum atomic E-state index is -0.0702. The van der Waals surface area contributed by atoms with Gasteiger partial charge in [-0.3, -0.25) is 4.79 Å². The third-order valence-electron chi connectivity index (χ3n) is 2.23. The van der Waals surface area contributed by atoms with E-state index in [4.69, 9.17) is 0 Å². The minimum absolute atomic E-state index is 0.0702. The Bertz CT molecular complexity index is 522. The van der Waals surface area contributed by atoms with Gasteiger partial charge >= 0.3 is 0 Å². The number of benzene rings is 1. The smallest absolute Gasteiger partial charge is 0.266 e. The van der Waals surface area contributed by atoms with Gasteiger partial charge in [0.15, 0.2) is 0 Å². The SMILES string of the molecule is O=c1ccc(-c2ccccc2)nn1CCBr. The Hall–Kier alpha value is -1.42. The molecule has 0 spiro atoms. The number of hydrogen-bond acceptors (Lipinski definition) is 2. The molecule has 1 aromatic heterocycles. The number of aromatic nitrogens is 2.